The average Bonchev–Trinajstić information content (AvgIpc) is 3.07. The molecule has 8 nitrogen and oxygen atoms in total. The Balaban J connectivity index is 1.47. The van der Waals surface area contributed by atoms with Gasteiger partial charge in [0.05, 0.1) is 25.7 Å². The van der Waals surface area contributed by atoms with Crippen molar-refractivity contribution in [2.24, 2.45) is 0 Å². The zero-order valence-electron chi connectivity index (χ0n) is 19.2. The molecule has 1 heterocycles. The number of nitrogens with zero attached hydrogens (tertiary/aromatic N) is 2. The molecule has 0 bridgehead atoms. The first-order chi connectivity index (χ1) is 16.3. The van der Waals surface area contributed by atoms with Gasteiger partial charge in [0.15, 0.2) is 11.5 Å². The summed E-state index contributed by atoms with van der Waals surface area (Å²) in [4.78, 5) is 40.1. The highest BCUT2D eigenvalue weighted by molar-refractivity contribution is 8.18. The Bertz CT molecular complexity index is 1110. The standard InChI is InChI=1S/C24H26FN3O5S/c1-27(14-16-8-9-19(32-2)20(12-16)33-3)15-22(29)26-10-11-28-23(30)21(34-24(28)31)13-17-6-4-5-7-18(17)25/h4-9,12-13H,10-11,14-15H2,1-3H3,(H,26,29)/b21-13-. The molecule has 1 aliphatic rings. The molecule has 0 unspecified atom stereocenters. The molecule has 34 heavy (non-hydrogen) atoms. The van der Waals surface area contributed by atoms with Gasteiger partial charge in [-0.25, -0.2) is 4.39 Å². The lowest BCUT2D eigenvalue weighted by molar-refractivity contribution is -0.124. The third-order valence-electron chi connectivity index (χ3n) is 5.04. The lowest BCUT2D eigenvalue weighted by Gasteiger charge is -2.18. The maximum atomic E-state index is 13.8. The summed E-state index contributed by atoms with van der Waals surface area (Å²) in [7, 11) is 4.93. The van der Waals surface area contributed by atoms with E-state index in [0.717, 1.165) is 22.2 Å². The Labute approximate surface area is 201 Å². The summed E-state index contributed by atoms with van der Waals surface area (Å²) in [5.74, 6) is 0.0236. The quantitative estimate of drug-likeness (QED) is 0.515. The number of halogens is 1. The maximum Gasteiger partial charge on any atom is 0.293 e. The molecule has 2 aromatic carbocycles. The number of methoxy groups -OCH3 is 2. The summed E-state index contributed by atoms with van der Waals surface area (Å²) < 4.78 is 24.4. The fourth-order valence-electron chi connectivity index (χ4n) is 3.38. The van der Waals surface area contributed by atoms with Crippen LogP contribution in [0.4, 0.5) is 9.18 Å². The third kappa shape index (κ3) is 6.36. The SMILES string of the molecule is COc1ccc(CN(C)CC(=O)NCCN2C(=O)S/C(=C\c3ccccc3F)C2=O)cc1OC. The third-order valence-corrected chi connectivity index (χ3v) is 5.94. The number of likely N-dealkylation sites (N-methyl/N-ethyl adjacent to an activating group) is 1. The summed E-state index contributed by atoms with van der Waals surface area (Å²) in [6.45, 7) is 0.791. The topological polar surface area (TPSA) is 88.2 Å². The molecule has 0 saturated carbocycles. The highest BCUT2D eigenvalue weighted by atomic mass is 32.2. The molecule has 1 N–H and O–H groups in total. The molecule has 1 aliphatic heterocycles. The van der Waals surface area contributed by atoms with E-state index in [1.54, 1.807) is 39.5 Å². The van der Waals surface area contributed by atoms with Crippen LogP contribution in [0.15, 0.2) is 47.4 Å². The summed E-state index contributed by atoms with van der Waals surface area (Å²) >= 11 is 0.753. The fraction of sp³-hybridized carbons (Fsp3) is 0.292. The fourth-order valence-corrected chi connectivity index (χ4v) is 4.24. The van der Waals surface area contributed by atoms with Crippen molar-refractivity contribution < 1.29 is 28.2 Å². The van der Waals surface area contributed by atoms with Gasteiger partial charge in [-0.05, 0) is 48.6 Å². The number of hydrogen-bond donors (Lipinski definition) is 1. The highest BCUT2D eigenvalue weighted by Crippen LogP contribution is 2.32. The van der Waals surface area contributed by atoms with Crippen molar-refractivity contribution in [1.82, 2.24) is 15.1 Å². The average molecular weight is 488 g/mol. The Kier molecular flexibility index (Phi) is 8.67. The van der Waals surface area contributed by atoms with Gasteiger partial charge in [-0.2, -0.15) is 0 Å². The Morgan fingerprint density at radius 2 is 1.88 bits per heavy atom. The van der Waals surface area contributed by atoms with Crippen molar-refractivity contribution in [2.75, 3.05) is 40.9 Å². The highest BCUT2D eigenvalue weighted by Gasteiger charge is 2.34. The minimum atomic E-state index is -0.502. The molecule has 1 fully saturated rings. The van der Waals surface area contributed by atoms with E-state index in [0.29, 0.717) is 18.0 Å². The smallest absolute Gasteiger partial charge is 0.293 e. The van der Waals surface area contributed by atoms with Gasteiger partial charge in [0.1, 0.15) is 5.82 Å². The Hall–Kier alpha value is -3.37. The predicted molar refractivity (Wildman–Crippen MR) is 128 cm³/mol. The molecule has 0 radical (unpaired) electrons. The van der Waals surface area contributed by atoms with Crippen LogP contribution in [0.1, 0.15) is 11.1 Å². The maximum absolute atomic E-state index is 13.8. The number of imide groups is 1. The summed E-state index contributed by atoms with van der Waals surface area (Å²) in [6, 6.07) is 11.6. The van der Waals surface area contributed by atoms with E-state index in [2.05, 4.69) is 5.32 Å². The van der Waals surface area contributed by atoms with Crippen LogP contribution in [0.3, 0.4) is 0 Å². The zero-order chi connectivity index (χ0) is 24.7. The Morgan fingerprint density at radius 1 is 1.15 bits per heavy atom. The number of carbonyl (C=O) groups is 3. The van der Waals surface area contributed by atoms with Crippen LogP contribution >= 0.6 is 11.8 Å². The molecule has 10 heteroatoms. The number of nitrogens with one attached hydrogen (secondary N) is 1. The largest absolute Gasteiger partial charge is 0.493 e. The predicted octanol–water partition coefficient (Wildman–Crippen LogP) is 3.13. The zero-order valence-corrected chi connectivity index (χ0v) is 20.0. The first kappa shape index (κ1) is 25.3. The van der Waals surface area contributed by atoms with Gasteiger partial charge in [0.25, 0.3) is 11.1 Å². The summed E-state index contributed by atoms with van der Waals surface area (Å²) in [5, 5.41) is 2.27. The molecular weight excluding hydrogens is 461 g/mol. The number of amides is 3. The molecule has 3 amide bonds. The van der Waals surface area contributed by atoms with Crippen LogP contribution in [0.5, 0.6) is 11.5 Å². The minimum absolute atomic E-state index is 0.0322. The molecule has 0 atom stereocenters. The first-order valence-corrected chi connectivity index (χ1v) is 11.3. The van der Waals surface area contributed by atoms with Crippen LogP contribution in [0, 0.1) is 5.82 Å². The second kappa shape index (κ2) is 11.7. The van der Waals surface area contributed by atoms with Gasteiger partial charge in [-0.1, -0.05) is 24.3 Å². The van der Waals surface area contributed by atoms with Gasteiger partial charge in [0.2, 0.25) is 5.91 Å². The van der Waals surface area contributed by atoms with Gasteiger partial charge < -0.3 is 14.8 Å². The molecule has 0 aromatic heterocycles. The molecular formula is C24H26FN3O5S. The van der Waals surface area contributed by atoms with Crippen molar-refractivity contribution >= 4 is 34.9 Å². The van der Waals surface area contributed by atoms with Gasteiger partial charge in [-0.3, -0.25) is 24.2 Å². The van der Waals surface area contributed by atoms with Gasteiger partial charge >= 0.3 is 0 Å². The molecule has 1 saturated heterocycles. The van der Waals surface area contributed by atoms with Crippen LogP contribution in [0.25, 0.3) is 6.08 Å². The van der Waals surface area contributed by atoms with Crippen molar-refractivity contribution in [1.29, 1.82) is 0 Å². The van der Waals surface area contributed by atoms with Gasteiger partial charge in [-0.15, -0.1) is 0 Å². The second-order valence-electron chi connectivity index (χ2n) is 7.57. The summed E-state index contributed by atoms with van der Waals surface area (Å²) in [6.07, 6.45) is 1.36. The van der Waals surface area contributed by atoms with Crippen molar-refractivity contribution in [3.05, 3.63) is 64.3 Å². The monoisotopic (exact) mass is 487 g/mol. The molecule has 180 valence electrons. The van der Waals surface area contributed by atoms with Crippen LogP contribution < -0.4 is 14.8 Å². The normalized spacial score (nSPS) is 14.7. The second-order valence-corrected chi connectivity index (χ2v) is 8.56. The number of rotatable bonds is 10. The van der Waals surface area contributed by atoms with Gasteiger partial charge in [0, 0.05) is 25.2 Å². The number of carbonyl (C=O) groups excluding carboxylic acids is 3. The van der Waals surface area contributed by atoms with E-state index >= 15 is 0 Å². The number of benzene rings is 2. The van der Waals surface area contributed by atoms with Crippen LogP contribution in [-0.2, 0) is 16.1 Å². The van der Waals surface area contributed by atoms with Crippen molar-refractivity contribution in [2.45, 2.75) is 6.54 Å². The van der Waals surface area contributed by atoms with Crippen LogP contribution in [-0.4, -0.2) is 67.8 Å². The van der Waals surface area contributed by atoms with Crippen LogP contribution in [0.2, 0.25) is 0 Å². The van der Waals surface area contributed by atoms with E-state index in [-0.39, 0.29) is 36.0 Å². The number of thioether (sulfide) groups is 1. The van der Waals surface area contributed by atoms with E-state index in [9.17, 15) is 18.8 Å². The summed E-state index contributed by atoms with van der Waals surface area (Å²) in [5.41, 5.74) is 1.19. The first-order valence-electron chi connectivity index (χ1n) is 10.5. The van der Waals surface area contributed by atoms with Crippen molar-refractivity contribution in [3.63, 3.8) is 0 Å². The lowest BCUT2D eigenvalue weighted by atomic mass is 10.2. The molecule has 0 aliphatic carbocycles. The Morgan fingerprint density at radius 3 is 2.59 bits per heavy atom. The minimum Gasteiger partial charge on any atom is -0.493 e. The number of hydrogen-bond acceptors (Lipinski definition) is 7. The van der Waals surface area contributed by atoms with Crippen molar-refractivity contribution in [3.8, 4) is 11.5 Å². The van der Waals surface area contributed by atoms with E-state index < -0.39 is 17.0 Å². The number of ether oxygens (including phenoxy) is 2. The lowest BCUT2D eigenvalue weighted by Crippen LogP contribution is -2.40. The van der Waals surface area contributed by atoms with E-state index in [4.69, 9.17) is 9.47 Å². The molecule has 0 spiro atoms. The molecule has 3 rings (SSSR count). The van der Waals surface area contributed by atoms with E-state index in [1.165, 1.54) is 18.2 Å². The van der Waals surface area contributed by atoms with E-state index in [1.807, 2.05) is 17.0 Å². The molecule has 2 aromatic rings.